The Hall–Kier alpha value is -4.45. The van der Waals surface area contributed by atoms with Crippen molar-refractivity contribution in [3.05, 3.63) is 105 Å². The summed E-state index contributed by atoms with van der Waals surface area (Å²) in [5, 5.41) is 7.86. The number of aromatic nitrogens is 3. The first kappa shape index (κ1) is 45.3. The highest BCUT2D eigenvalue weighted by molar-refractivity contribution is 7.91. The quantitative estimate of drug-likeness (QED) is 0.0698. The first-order chi connectivity index (χ1) is 26.7. The van der Waals surface area contributed by atoms with Gasteiger partial charge in [-0.25, -0.2) is 16.8 Å². The monoisotopic (exact) mass is 874 g/mol. The van der Waals surface area contributed by atoms with Crippen LogP contribution in [0, 0.1) is 18.6 Å². The summed E-state index contributed by atoms with van der Waals surface area (Å²) in [6.07, 6.45) is 8.60. The second-order valence-corrected chi connectivity index (χ2v) is 18.6. The van der Waals surface area contributed by atoms with Crippen LogP contribution in [0.3, 0.4) is 0 Å². The van der Waals surface area contributed by atoms with E-state index in [1.807, 2.05) is 0 Å². The molecule has 5 aromatic rings. The maximum atomic E-state index is 13.3. The molecule has 4 aromatic carbocycles. The molecule has 0 bridgehead atoms. The summed E-state index contributed by atoms with van der Waals surface area (Å²) in [5.74, 6) is 0. The highest BCUT2D eigenvalue weighted by Crippen LogP contribution is 2.34. The number of halogens is 2. The topological polar surface area (TPSA) is 212 Å². The largest absolute Gasteiger partial charge is 0.397 e. The summed E-state index contributed by atoms with van der Waals surface area (Å²) in [6, 6.07) is 19.7. The molecule has 306 valence electrons. The van der Waals surface area contributed by atoms with Crippen LogP contribution >= 0.6 is 35.4 Å². The van der Waals surface area contributed by atoms with E-state index in [0.29, 0.717) is 20.5 Å². The normalized spacial score (nSPS) is 14.3. The number of sulfone groups is 2. The van der Waals surface area contributed by atoms with Crippen LogP contribution in [0.5, 0.6) is 0 Å². The molecule has 2 fully saturated rings. The zero-order valence-electron chi connectivity index (χ0n) is 31.8. The van der Waals surface area contributed by atoms with E-state index in [9.17, 15) is 16.8 Å². The number of H-pyrrole nitrogens is 1. The van der Waals surface area contributed by atoms with Crippen molar-refractivity contribution in [3.63, 3.8) is 0 Å². The molecule has 3 heterocycles. The molecule has 0 saturated carbocycles. The van der Waals surface area contributed by atoms with E-state index in [2.05, 4.69) is 25.7 Å². The molecule has 8 N–H and O–H groups in total. The van der Waals surface area contributed by atoms with Gasteiger partial charge in [0.15, 0.2) is 4.77 Å². The van der Waals surface area contributed by atoms with Crippen molar-refractivity contribution in [1.82, 2.24) is 20.9 Å². The van der Waals surface area contributed by atoms with Gasteiger partial charge in [0.05, 0.1) is 42.3 Å². The zero-order chi connectivity index (χ0) is 40.6. The van der Waals surface area contributed by atoms with Crippen LogP contribution in [0.25, 0.3) is 5.69 Å². The number of primary amides is 1. The number of anilines is 3. The number of benzene rings is 4. The van der Waals surface area contributed by atoms with Gasteiger partial charge in [-0.3, -0.25) is 14.5 Å². The van der Waals surface area contributed by atoms with Crippen LogP contribution in [0.1, 0.15) is 49.7 Å². The van der Waals surface area contributed by atoms with Gasteiger partial charge in [-0.1, -0.05) is 23.2 Å². The van der Waals surface area contributed by atoms with Crippen LogP contribution in [0.15, 0.2) is 98.7 Å². The Balaban J connectivity index is 0.000000236. The zero-order valence-corrected chi connectivity index (χ0v) is 35.8. The summed E-state index contributed by atoms with van der Waals surface area (Å²) < 4.78 is 54.7. The number of nitrogens with zero attached hydrogens (tertiary/aromatic N) is 4. The molecule has 0 atom stereocenters. The predicted molar refractivity (Wildman–Crippen MR) is 230 cm³/mol. The Labute approximate surface area is 349 Å². The fraction of sp³-hybridized carbons (Fsp3) is 0.308. The first-order valence-corrected chi connectivity index (χ1v) is 22.2. The van der Waals surface area contributed by atoms with Gasteiger partial charge in [0.1, 0.15) is 6.33 Å². The summed E-state index contributed by atoms with van der Waals surface area (Å²) >= 11 is 17.4. The highest BCUT2D eigenvalue weighted by Gasteiger charge is 2.24. The summed E-state index contributed by atoms with van der Waals surface area (Å²) in [7, 11) is -7.28. The molecule has 13 nitrogen and oxygen atoms in total. The average molecular weight is 876 g/mol. The van der Waals surface area contributed by atoms with Crippen LogP contribution in [0.2, 0.25) is 10.0 Å². The number of carbonyl (C=O) groups excluding carboxylic acids is 1. The van der Waals surface area contributed by atoms with Crippen molar-refractivity contribution in [2.75, 3.05) is 41.7 Å². The number of nitrogens with one attached hydrogen (secondary N) is 1. The Morgan fingerprint density at radius 1 is 0.667 bits per heavy atom. The lowest BCUT2D eigenvalue weighted by Gasteiger charge is -2.31. The minimum atomic E-state index is -3.68. The molecule has 2 aliphatic heterocycles. The first-order valence-electron chi connectivity index (χ1n) is 18.0. The number of piperidine rings is 2. The number of carbonyl (C=O) groups is 1. The molecular formula is C39H48Cl2N8O5S3. The number of hydrogen-bond acceptors (Lipinski definition) is 11. The molecule has 0 spiro atoms. The maximum Gasteiger partial charge on any atom is 0.206 e. The van der Waals surface area contributed by atoms with E-state index in [-0.39, 0.29) is 32.1 Å². The lowest BCUT2D eigenvalue weighted by molar-refractivity contribution is -0.106. The van der Waals surface area contributed by atoms with Crippen molar-refractivity contribution in [2.24, 2.45) is 5.73 Å². The van der Waals surface area contributed by atoms with Gasteiger partial charge in [0.2, 0.25) is 26.1 Å². The molecule has 18 heteroatoms. The molecule has 0 aliphatic carbocycles. The molecule has 2 aliphatic rings. The van der Waals surface area contributed by atoms with Gasteiger partial charge in [0, 0.05) is 36.2 Å². The smallest absolute Gasteiger partial charge is 0.206 e. The Bertz CT molecular complexity index is 2460. The number of amides is 1. The number of nitrogen functional groups attached to an aromatic ring is 1. The van der Waals surface area contributed by atoms with Crippen molar-refractivity contribution >= 4 is 78.6 Å². The molecule has 7 rings (SSSR count). The third-order valence-corrected chi connectivity index (χ3v) is 14.3. The number of nitrogens with two attached hydrogens (primary N) is 2. The van der Waals surface area contributed by atoms with E-state index < -0.39 is 19.7 Å². The maximum absolute atomic E-state index is 13.3. The van der Waals surface area contributed by atoms with Crippen LogP contribution in [-0.2, 0) is 24.5 Å². The van der Waals surface area contributed by atoms with Gasteiger partial charge in [0.25, 0.3) is 0 Å². The lowest BCUT2D eigenvalue weighted by atomic mass is 10.1. The second-order valence-electron chi connectivity index (χ2n) is 13.5. The Morgan fingerprint density at radius 2 is 1.07 bits per heavy atom. The van der Waals surface area contributed by atoms with Crippen LogP contribution in [0.4, 0.5) is 17.1 Å². The van der Waals surface area contributed by atoms with Crippen LogP contribution < -0.4 is 27.4 Å². The summed E-state index contributed by atoms with van der Waals surface area (Å²) in [5.41, 5.74) is 14.8. The Kier molecular flexibility index (Phi) is 15.7. The van der Waals surface area contributed by atoms with E-state index in [4.69, 9.17) is 45.9 Å². The predicted octanol–water partition coefficient (Wildman–Crippen LogP) is 8.03. The molecule has 0 radical (unpaired) electrons. The third-order valence-electron chi connectivity index (χ3n) is 9.65. The minimum absolute atomic E-state index is 0. The number of rotatable bonds is 7. The second kappa shape index (κ2) is 19.8. The van der Waals surface area contributed by atoms with E-state index in [1.165, 1.54) is 12.8 Å². The van der Waals surface area contributed by atoms with Gasteiger partial charge in [-0.05, 0) is 149 Å². The van der Waals surface area contributed by atoms with E-state index in [0.717, 1.165) is 80.1 Å². The summed E-state index contributed by atoms with van der Waals surface area (Å²) in [6.45, 7) is 7.17. The van der Waals surface area contributed by atoms with Crippen molar-refractivity contribution in [3.8, 4) is 5.69 Å². The number of hydrogen-bond donors (Lipinski definition) is 4. The SMILES string of the molecule is Cc1cc(S(=O)(=O)c2ccc(-n3cn[nH]c3=S)c(N3CCCCC3)c2)ccc1Cl.Cc1cc(S(=O)(=O)c2ccc(N)c(N3CCCCC3)c2)ccc1Cl.N.NC=O. The fourth-order valence-corrected chi connectivity index (χ4v) is 9.79. The molecule has 1 amide bonds. The number of aromatic amines is 1. The molecule has 0 unspecified atom stereocenters. The van der Waals surface area contributed by atoms with Crippen molar-refractivity contribution < 1.29 is 21.6 Å². The standard InChI is InChI=1S/C20H21ClN4O2S2.C18H21ClN2O2S.CH3NO.H3N/c1-14-11-15(5-7-17(14)21)29(26,27)16-6-8-18(25-13-22-23-20(25)28)19(12-16)24-9-3-2-4-10-24;1-13-11-14(5-7-16(13)19)24(22,23)15-6-8-17(20)18(12-15)21-9-3-2-4-10-21;2-1-3;/h5-8,11-13H,2-4,9-10H2,1H3,(H,23,28);5-8,11-12H,2-4,9-10,20H2,1H3;1H,(H2,2,3);1H3. The van der Waals surface area contributed by atoms with Gasteiger partial charge >= 0.3 is 0 Å². The number of aryl methyl sites for hydroxylation is 2. The molecule has 2 saturated heterocycles. The molecule has 57 heavy (non-hydrogen) atoms. The molecule has 1 aromatic heterocycles. The summed E-state index contributed by atoms with van der Waals surface area (Å²) in [4.78, 5) is 14.0. The Morgan fingerprint density at radius 3 is 1.51 bits per heavy atom. The van der Waals surface area contributed by atoms with Crippen molar-refractivity contribution in [2.45, 2.75) is 72.0 Å². The van der Waals surface area contributed by atoms with E-state index >= 15 is 0 Å². The lowest BCUT2D eigenvalue weighted by Crippen LogP contribution is -2.30. The van der Waals surface area contributed by atoms with E-state index in [1.54, 1.807) is 97.5 Å². The fourth-order valence-electron chi connectivity index (χ4n) is 6.62. The minimum Gasteiger partial charge on any atom is -0.397 e. The highest BCUT2D eigenvalue weighted by atomic mass is 35.5. The van der Waals surface area contributed by atoms with Gasteiger partial charge in [-0.15, -0.1) is 0 Å². The third kappa shape index (κ3) is 10.5. The van der Waals surface area contributed by atoms with Gasteiger partial charge in [-0.2, -0.15) is 5.10 Å². The van der Waals surface area contributed by atoms with Gasteiger partial charge < -0.3 is 27.4 Å². The van der Waals surface area contributed by atoms with Crippen LogP contribution in [-0.4, -0.2) is 64.2 Å². The average Bonchev–Trinajstić information content (AvgIpc) is 3.63. The molecular weight excluding hydrogens is 828 g/mol. The van der Waals surface area contributed by atoms with Crippen molar-refractivity contribution in [1.29, 1.82) is 0 Å².